The average molecular weight is 643 g/mol. The second-order valence-corrected chi connectivity index (χ2v) is 11.8. The molecule has 3 aromatic heterocycles. The number of rotatable bonds is 10. The molecule has 5 rings (SSSR count). The number of carbonyl (C=O) groups is 2. The third kappa shape index (κ3) is 8.54. The van der Waals surface area contributed by atoms with Gasteiger partial charge in [-0.15, -0.1) is 5.10 Å². The van der Waals surface area contributed by atoms with Crippen LogP contribution in [0.4, 0.5) is 18.0 Å². The van der Waals surface area contributed by atoms with Crippen LogP contribution in [0, 0.1) is 17.5 Å². The molecule has 0 aliphatic carbocycles. The summed E-state index contributed by atoms with van der Waals surface area (Å²) >= 11 is 0. The predicted molar refractivity (Wildman–Crippen MR) is 154 cm³/mol. The zero-order valence-electron chi connectivity index (χ0n) is 25.4. The van der Waals surface area contributed by atoms with Crippen LogP contribution in [-0.2, 0) is 22.6 Å². The monoisotopic (exact) mass is 642 g/mol. The lowest BCUT2D eigenvalue weighted by atomic mass is 10.0. The quantitative estimate of drug-likeness (QED) is 0.255. The van der Waals surface area contributed by atoms with Gasteiger partial charge < -0.3 is 19.7 Å². The van der Waals surface area contributed by atoms with E-state index in [4.69, 9.17) is 9.47 Å². The second-order valence-electron chi connectivity index (χ2n) is 11.8. The normalized spacial score (nSPS) is 14.6. The van der Waals surface area contributed by atoms with Gasteiger partial charge in [0.25, 0.3) is 0 Å². The number of pyridine rings is 1. The van der Waals surface area contributed by atoms with Crippen LogP contribution in [0.15, 0.2) is 43.0 Å². The summed E-state index contributed by atoms with van der Waals surface area (Å²) in [6.07, 6.45) is 4.50. The fourth-order valence-electron chi connectivity index (χ4n) is 4.89. The van der Waals surface area contributed by atoms with Crippen molar-refractivity contribution in [3.05, 3.63) is 71.7 Å². The van der Waals surface area contributed by atoms with E-state index >= 15 is 0 Å². The number of nitrogens with one attached hydrogen (secondary N) is 1. The van der Waals surface area contributed by atoms with E-state index < -0.39 is 35.2 Å². The van der Waals surface area contributed by atoms with Gasteiger partial charge in [0, 0.05) is 31.6 Å². The highest BCUT2D eigenvalue weighted by Crippen LogP contribution is 2.23. The molecule has 1 fully saturated rings. The molecule has 0 radical (unpaired) electrons. The first-order chi connectivity index (χ1) is 21.9. The number of likely N-dealkylation sites (tertiary alicyclic amines) is 1. The van der Waals surface area contributed by atoms with E-state index in [1.165, 1.54) is 11.0 Å². The highest BCUT2D eigenvalue weighted by atomic mass is 19.2. The summed E-state index contributed by atoms with van der Waals surface area (Å²) in [5.41, 5.74) is -0.377. The van der Waals surface area contributed by atoms with E-state index in [1.54, 1.807) is 55.0 Å². The lowest BCUT2D eigenvalue weighted by molar-refractivity contribution is -0.133. The first-order valence-electron chi connectivity index (χ1n) is 14.6. The molecule has 0 spiro atoms. The topological polar surface area (TPSA) is 155 Å². The van der Waals surface area contributed by atoms with Gasteiger partial charge in [0.15, 0.2) is 17.5 Å². The first kappa shape index (κ1) is 32.3. The van der Waals surface area contributed by atoms with Gasteiger partial charge in [-0.05, 0) is 74.2 Å². The Bertz CT molecular complexity index is 1640. The van der Waals surface area contributed by atoms with Crippen molar-refractivity contribution in [2.75, 3.05) is 13.1 Å². The average Bonchev–Trinajstić information content (AvgIpc) is 3.71. The summed E-state index contributed by atoms with van der Waals surface area (Å²) in [6.45, 7) is 5.99. The summed E-state index contributed by atoms with van der Waals surface area (Å²) < 4.78 is 54.2. The number of aromatic nitrogens is 8. The Labute approximate surface area is 261 Å². The molecular weight excluding hydrogens is 609 g/mol. The van der Waals surface area contributed by atoms with Crippen molar-refractivity contribution in [2.45, 2.75) is 70.7 Å². The number of piperidine rings is 1. The molecule has 4 heterocycles. The zero-order valence-corrected chi connectivity index (χ0v) is 25.4. The van der Waals surface area contributed by atoms with Crippen LogP contribution >= 0.6 is 0 Å². The van der Waals surface area contributed by atoms with Gasteiger partial charge in [-0.1, -0.05) is 0 Å². The molecule has 17 heteroatoms. The van der Waals surface area contributed by atoms with Crippen molar-refractivity contribution in [3.8, 4) is 11.6 Å². The first-order valence-corrected chi connectivity index (χ1v) is 14.6. The minimum atomic E-state index is -1.33. The third-order valence-corrected chi connectivity index (χ3v) is 7.09. The molecule has 1 atom stereocenters. The smallest absolute Gasteiger partial charge is 0.407 e. The molecule has 1 aliphatic rings. The Kier molecular flexibility index (Phi) is 9.77. The Balaban J connectivity index is 1.14. The largest absolute Gasteiger partial charge is 0.486 e. The van der Waals surface area contributed by atoms with Crippen LogP contribution in [0.1, 0.15) is 57.3 Å². The number of alkyl carbamates (subject to hydrolysis) is 1. The minimum absolute atomic E-state index is 0.0537. The van der Waals surface area contributed by atoms with E-state index in [9.17, 15) is 22.8 Å². The number of benzene rings is 1. The summed E-state index contributed by atoms with van der Waals surface area (Å²) in [7, 11) is 0. The molecular formula is C29H33F3N10O4. The second kappa shape index (κ2) is 13.9. The summed E-state index contributed by atoms with van der Waals surface area (Å²) in [4.78, 5) is 33.3. The molecule has 0 unspecified atom stereocenters. The van der Waals surface area contributed by atoms with Crippen LogP contribution in [0.3, 0.4) is 0 Å². The molecule has 1 aliphatic heterocycles. The Morgan fingerprint density at radius 1 is 1.07 bits per heavy atom. The van der Waals surface area contributed by atoms with Gasteiger partial charge >= 0.3 is 6.09 Å². The Hall–Kier alpha value is -5.09. The van der Waals surface area contributed by atoms with Crippen LogP contribution in [0.2, 0.25) is 0 Å². The van der Waals surface area contributed by atoms with E-state index in [1.807, 2.05) is 0 Å². The number of hydrogen-bond acceptors (Lipinski definition) is 10. The van der Waals surface area contributed by atoms with E-state index in [0.717, 1.165) is 6.07 Å². The highest BCUT2D eigenvalue weighted by Gasteiger charge is 2.29. The number of carbonyl (C=O) groups excluding carboxylic acids is 2. The van der Waals surface area contributed by atoms with Crippen LogP contribution in [0.5, 0.6) is 5.75 Å². The maximum absolute atomic E-state index is 14.4. The summed E-state index contributed by atoms with van der Waals surface area (Å²) in [5.74, 6) is -2.74. The SMILES string of the molecule is CC(C)(C)OC(=O)N[C@H](CC(=O)N1CCC(n2ncc(COc3ccc(-n4cnnn4)nc3)n2)CC1)Cc1cc(F)c(F)cc1F. The van der Waals surface area contributed by atoms with Gasteiger partial charge in [-0.2, -0.15) is 19.7 Å². The van der Waals surface area contributed by atoms with Crippen molar-refractivity contribution in [1.82, 2.24) is 50.4 Å². The third-order valence-electron chi connectivity index (χ3n) is 7.09. The van der Waals surface area contributed by atoms with Gasteiger partial charge in [0.2, 0.25) is 5.91 Å². The molecule has 0 bridgehead atoms. The zero-order chi connectivity index (χ0) is 32.8. The van der Waals surface area contributed by atoms with Gasteiger partial charge in [0.1, 0.15) is 35.8 Å². The van der Waals surface area contributed by atoms with Gasteiger partial charge in [0.05, 0.1) is 18.4 Å². The van der Waals surface area contributed by atoms with Crippen molar-refractivity contribution in [3.63, 3.8) is 0 Å². The van der Waals surface area contributed by atoms with Crippen LogP contribution < -0.4 is 10.1 Å². The number of hydrogen-bond donors (Lipinski definition) is 1. The fraction of sp³-hybridized carbons (Fsp3) is 0.448. The predicted octanol–water partition coefficient (Wildman–Crippen LogP) is 3.33. The number of nitrogens with zero attached hydrogens (tertiary/aromatic N) is 9. The molecule has 244 valence electrons. The lowest BCUT2D eigenvalue weighted by Crippen LogP contribution is -2.45. The van der Waals surface area contributed by atoms with Crippen LogP contribution in [0.25, 0.3) is 5.82 Å². The molecule has 1 N–H and O–H groups in total. The molecule has 46 heavy (non-hydrogen) atoms. The molecule has 1 saturated heterocycles. The van der Waals surface area contributed by atoms with E-state index in [-0.39, 0.29) is 37.0 Å². The minimum Gasteiger partial charge on any atom is -0.486 e. The van der Waals surface area contributed by atoms with Crippen LogP contribution in [-0.4, -0.2) is 81.8 Å². The number of tetrazole rings is 1. The van der Waals surface area contributed by atoms with E-state index in [0.29, 0.717) is 49.3 Å². The van der Waals surface area contributed by atoms with Gasteiger partial charge in [-0.3, -0.25) is 4.79 Å². The van der Waals surface area contributed by atoms with Crippen molar-refractivity contribution in [2.24, 2.45) is 0 Å². The Morgan fingerprint density at radius 3 is 2.50 bits per heavy atom. The molecule has 2 amide bonds. The fourth-order valence-corrected chi connectivity index (χ4v) is 4.89. The molecule has 4 aromatic rings. The highest BCUT2D eigenvalue weighted by molar-refractivity contribution is 5.78. The van der Waals surface area contributed by atoms with E-state index in [2.05, 4.69) is 36.0 Å². The summed E-state index contributed by atoms with van der Waals surface area (Å²) in [5, 5.41) is 22.4. The lowest BCUT2D eigenvalue weighted by Gasteiger charge is -2.32. The molecule has 1 aromatic carbocycles. The standard InChI is InChI=1S/C29H33F3N10O4/c1-29(2,3)46-28(44)36-19(10-18-11-24(31)25(32)13-23(18)30)12-27(43)40-8-6-21(7-9-40)42-35-14-20(37-42)16-45-22-4-5-26(33-15-22)41-17-34-38-39-41/h4-5,11,13-15,17,19,21H,6-10,12,16H2,1-3H3,(H,36,44)/t19-/m0/s1. The Morgan fingerprint density at radius 2 is 1.83 bits per heavy atom. The maximum atomic E-state index is 14.4. The maximum Gasteiger partial charge on any atom is 0.407 e. The molecule has 14 nitrogen and oxygen atoms in total. The van der Waals surface area contributed by atoms with Crippen molar-refractivity contribution < 1.29 is 32.2 Å². The summed E-state index contributed by atoms with van der Waals surface area (Å²) in [6, 6.07) is 3.64. The molecule has 0 saturated carbocycles. The van der Waals surface area contributed by atoms with Crippen molar-refractivity contribution >= 4 is 12.0 Å². The van der Waals surface area contributed by atoms with Gasteiger partial charge in [-0.25, -0.2) is 22.9 Å². The number of halogens is 3. The van der Waals surface area contributed by atoms with Crippen molar-refractivity contribution in [1.29, 1.82) is 0 Å². The number of ether oxygens (including phenoxy) is 2. The number of amides is 2.